The fourth-order valence-corrected chi connectivity index (χ4v) is 4.19. The molecular formula is C10H18N2O3S2. The molecule has 3 N–H and O–H groups in total. The zero-order valence-corrected chi connectivity index (χ0v) is 11.8. The Labute approximate surface area is 106 Å². The van der Waals surface area contributed by atoms with Gasteiger partial charge in [-0.15, -0.1) is 11.3 Å². The van der Waals surface area contributed by atoms with Crippen molar-refractivity contribution in [2.75, 3.05) is 13.7 Å². The molecule has 1 aromatic heterocycles. The number of rotatable bonds is 6. The summed E-state index contributed by atoms with van der Waals surface area (Å²) in [4.78, 5) is 0.994. The van der Waals surface area contributed by atoms with Crippen molar-refractivity contribution in [2.45, 2.75) is 31.4 Å². The Morgan fingerprint density at radius 3 is 2.76 bits per heavy atom. The van der Waals surface area contributed by atoms with E-state index < -0.39 is 10.0 Å². The fourth-order valence-electron chi connectivity index (χ4n) is 1.37. The first-order valence-corrected chi connectivity index (χ1v) is 7.58. The summed E-state index contributed by atoms with van der Waals surface area (Å²) in [6.45, 7) is 4.05. The number of hydrogen-bond donors (Lipinski definition) is 2. The third kappa shape index (κ3) is 3.49. The van der Waals surface area contributed by atoms with E-state index in [0.717, 1.165) is 5.56 Å². The number of hydrogen-bond acceptors (Lipinski definition) is 5. The van der Waals surface area contributed by atoms with Crippen molar-refractivity contribution in [1.29, 1.82) is 0 Å². The van der Waals surface area contributed by atoms with Crippen molar-refractivity contribution in [3.63, 3.8) is 0 Å². The minimum absolute atomic E-state index is 0.162. The number of methoxy groups -OCH3 is 1. The quantitative estimate of drug-likeness (QED) is 0.807. The maximum absolute atomic E-state index is 12.1. The molecule has 1 unspecified atom stereocenters. The Kier molecular flexibility index (Phi) is 5.08. The predicted molar refractivity (Wildman–Crippen MR) is 68.6 cm³/mol. The van der Waals surface area contributed by atoms with Crippen molar-refractivity contribution < 1.29 is 13.2 Å². The van der Waals surface area contributed by atoms with Gasteiger partial charge in [0, 0.05) is 25.1 Å². The van der Waals surface area contributed by atoms with Gasteiger partial charge >= 0.3 is 0 Å². The van der Waals surface area contributed by atoms with E-state index in [1.165, 1.54) is 11.3 Å². The molecule has 1 rings (SSSR count). The lowest BCUT2D eigenvalue weighted by Gasteiger charge is -2.12. The molecule has 0 spiro atoms. The van der Waals surface area contributed by atoms with Crippen LogP contribution in [0.25, 0.3) is 0 Å². The highest BCUT2D eigenvalue weighted by molar-refractivity contribution is 7.89. The van der Waals surface area contributed by atoms with Crippen LogP contribution in [0.15, 0.2) is 10.3 Å². The lowest BCUT2D eigenvalue weighted by molar-refractivity contribution is 0.122. The van der Waals surface area contributed by atoms with Crippen molar-refractivity contribution >= 4 is 21.4 Å². The summed E-state index contributed by atoms with van der Waals surface area (Å²) in [5, 5.41) is 1.80. The van der Waals surface area contributed by atoms with E-state index in [0.29, 0.717) is 9.77 Å². The second-order valence-corrected chi connectivity index (χ2v) is 6.44. The first kappa shape index (κ1) is 14.6. The molecule has 0 aliphatic heterocycles. The fraction of sp³-hybridized carbons (Fsp3) is 0.600. The molecular weight excluding hydrogens is 260 g/mol. The number of thiophene rings is 1. The van der Waals surface area contributed by atoms with Crippen LogP contribution in [-0.4, -0.2) is 28.2 Å². The maximum atomic E-state index is 12.1. The van der Waals surface area contributed by atoms with Gasteiger partial charge < -0.3 is 10.5 Å². The normalized spacial score (nSPS) is 13.9. The average molecular weight is 278 g/mol. The largest absolute Gasteiger partial charge is 0.380 e. The molecule has 0 aliphatic rings. The van der Waals surface area contributed by atoms with Crippen molar-refractivity contribution in [2.24, 2.45) is 5.73 Å². The van der Waals surface area contributed by atoms with Crippen molar-refractivity contribution in [3.8, 4) is 0 Å². The second-order valence-electron chi connectivity index (χ2n) is 3.77. The van der Waals surface area contributed by atoms with Crippen LogP contribution < -0.4 is 10.5 Å². The Morgan fingerprint density at radius 2 is 2.24 bits per heavy atom. The molecule has 0 aromatic carbocycles. The van der Waals surface area contributed by atoms with E-state index in [-0.39, 0.29) is 19.2 Å². The van der Waals surface area contributed by atoms with Crippen LogP contribution in [-0.2, 0) is 21.3 Å². The zero-order valence-electron chi connectivity index (χ0n) is 10.2. The first-order chi connectivity index (χ1) is 7.92. The van der Waals surface area contributed by atoms with Gasteiger partial charge in [-0.25, -0.2) is 13.1 Å². The topological polar surface area (TPSA) is 81.4 Å². The van der Waals surface area contributed by atoms with Gasteiger partial charge in [-0.2, -0.15) is 0 Å². The van der Waals surface area contributed by atoms with Crippen LogP contribution in [0.5, 0.6) is 0 Å². The van der Waals surface area contributed by atoms with Gasteiger partial charge in [-0.3, -0.25) is 0 Å². The summed E-state index contributed by atoms with van der Waals surface area (Å²) in [7, 11) is -1.95. The lowest BCUT2D eigenvalue weighted by atomic mass is 10.3. The molecule has 1 aromatic rings. The van der Waals surface area contributed by atoms with Crippen LogP contribution in [0.4, 0.5) is 0 Å². The van der Waals surface area contributed by atoms with Gasteiger partial charge in [0.15, 0.2) is 0 Å². The number of aryl methyl sites for hydroxylation is 1. The SMILES string of the molecule is COC(C)CNS(=O)(=O)c1c(C)csc1CN. The number of sulfonamides is 1. The van der Waals surface area contributed by atoms with Gasteiger partial charge in [-0.1, -0.05) is 0 Å². The highest BCUT2D eigenvalue weighted by Crippen LogP contribution is 2.26. The molecule has 98 valence electrons. The van der Waals surface area contributed by atoms with E-state index >= 15 is 0 Å². The molecule has 0 bridgehead atoms. The lowest BCUT2D eigenvalue weighted by Crippen LogP contribution is -2.32. The van der Waals surface area contributed by atoms with Gasteiger partial charge in [0.25, 0.3) is 0 Å². The highest BCUT2D eigenvalue weighted by atomic mass is 32.2. The van der Waals surface area contributed by atoms with Crippen LogP contribution in [0.3, 0.4) is 0 Å². The zero-order chi connectivity index (χ0) is 13.1. The Morgan fingerprint density at radius 1 is 1.59 bits per heavy atom. The second kappa shape index (κ2) is 5.92. The summed E-state index contributed by atoms with van der Waals surface area (Å²) < 4.78 is 31.7. The van der Waals surface area contributed by atoms with Crippen LogP contribution in [0.2, 0.25) is 0 Å². The Bertz CT molecular complexity index is 468. The van der Waals surface area contributed by atoms with Crippen LogP contribution >= 0.6 is 11.3 Å². The summed E-state index contributed by atoms with van der Waals surface area (Å²) in [5.41, 5.74) is 6.27. The number of ether oxygens (including phenoxy) is 1. The summed E-state index contributed by atoms with van der Waals surface area (Å²) in [6.07, 6.45) is -0.162. The third-order valence-electron chi connectivity index (χ3n) is 2.41. The smallest absolute Gasteiger partial charge is 0.242 e. The Hall–Kier alpha value is -0.470. The van der Waals surface area contributed by atoms with E-state index in [1.807, 2.05) is 0 Å². The van der Waals surface area contributed by atoms with Gasteiger partial charge in [0.1, 0.15) is 4.90 Å². The summed E-state index contributed by atoms with van der Waals surface area (Å²) >= 11 is 1.37. The first-order valence-electron chi connectivity index (χ1n) is 5.21. The highest BCUT2D eigenvalue weighted by Gasteiger charge is 2.22. The average Bonchev–Trinajstić information content (AvgIpc) is 2.68. The molecule has 17 heavy (non-hydrogen) atoms. The molecule has 0 aliphatic carbocycles. The molecule has 7 heteroatoms. The standard InChI is InChI=1S/C10H18N2O3S2/c1-7-6-16-9(4-11)10(7)17(13,14)12-5-8(2)15-3/h6,8,12H,4-5,11H2,1-3H3. The molecule has 0 saturated heterocycles. The van der Waals surface area contributed by atoms with E-state index in [2.05, 4.69) is 4.72 Å². The predicted octanol–water partition coefficient (Wildman–Crippen LogP) is 0.828. The molecule has 1 atom stereocenters. The van der Waals surface area contributed by atoms with Gasteiger partial charge in [-0.05, 0) is 24.8 Å². The van der Waals surface area contributed by atoms with Gasteiger partial charge in [0.2, 0.25) is 10.0 Å². The molecule has 0 fully saturated rings. The van der Waals surface area contributed by atoms with E-state index in [1.54, 1.807) is 26.3 Å². The summed E-state index contributed by atoms with van der Waals surface area (Å²) in [5.74, 6) is 0. The summed E-state index contributed by atoms with van der Waals surface area (Å²) in [6, 6.07) is 0. The third-order valence-corrected chi connectivity index (χ3v) is 5.32. The van der Waals surface area contributed by atoms with Crippen molar-refractivity contribution in [1.82, 2.24) is 4.72 Å². The van der Waals surface area contributed by atoms with Crippen molar-refractivity contribution in [3.05, 3.63) is 15.8 Å². The molecule has 1 heterocycles. The molecule has 0 amide bonds. The van der Waals surface area contributed by atoms with E-state index in [4.69, 9.17) is 10.5 Å². The van der Waals surface area contributed by atoms with Crippen LogP contribution in [0, 0.1) is 6.92 Å². The minimum atomic E-state index is -3.50. The molecule has 0 radical (unpaired) electrons. The maximum Gasteiger partial charge on any atom is 0.242 e. The minimum Gasteiger partial charge on any atom is -0.380 e. The van der Waals surface area contributed by atoms with Crippen LogP contribution in [0.1, 0.15) is 17.4 Å². The molecule has 0 saturated carbocycles. The monoisotopic (exact) mass is 278 g/mol. The molecule has 5 nitrogen and oxygen atoms in total. The number of nitrogens with one attached hydrogen (secondary N) is 1. The number of nitrogens with two attached hydrogens (primary N) is 1. The van der Waals surface area contributed by atoms with Gasteiger partial charge in [0.05, 0.1) is 6.10 Å². The Balaban J connectivity index is 2.93. The van der Waals surface area contributed by atoms with E-state index in [9.17, 15) is 8.42 Å².